The lowest BCUT2D eigenvalue weighted by Gasteiger charge is -2.42. The van der Waals surface area contributed by atoms with Crippen molar-refractivity contribution in [1.29, 1.82) is 0 Å². The van der Waals surface area contributed by atoms with Gasteiger partial charge in [-0.15, -0.1) is 0 Å². The molecule has 2 saturated heterocycles. The van der Waals surface area contributed by atoms with Gasteiger partial charge in [-0.1, -0.05) is 0 Å². The number of carbonyl (C=O) groups excluding carboxylic acids is 2. The van der Waals surface area contributed by atoms with E-state index < -0.39 is 110 Å². The number of carbonyl (C=O) groups is 4. The molecule has 11 N–H and O–H groups in total. The maximum Gasteiger partial charge on any atom is 0.351 e. The minimum atomic E-state index is -2.26. The molecular weight excluding hydrogens is 844 g/mol. The molecule has 342 valence electrons. The number of ether oxygens (including phenoxy) is 7. The molecule has 4 aliphatic rings. The molecule has 63 heavy (non-hydrogen) atoms. The lowest BCUT2D eigenvalue weighted by Crippen LogP contribution is -3.11. The second kappa shape index (κ2) is 19.2. The van der Waals surface area contributed by atoms with Gasteiger partial charge in [0.2, 0.25) is 12.0 Å². The topological polar surface area (TPSA) is 354 Å². The van der Waals surface area contributed by atoms with Crippen LogP contribution in [0.4, 0.5) is 5.69 Å². The van der Waals surface area contributed by atoms with Crippen LogP contribution in [0.1, 0.15) is 17.5 Å². The van der Waals surface area contributed by atoms with Crippen molar-refractivity contribution < 1.29 is 108 Å². The van der Waals surface area contributed by atoms with Gasteiger partial charge < -0.3 is 94.3 Å². The number of aliphatic hydroxyl groups excluding tert-OH is 4. The predicted molar refractivity (Wildman–Crippen MR) is 204 cm³/mol. The van der Waals surface area contributed by atoms with Crippen molar-refractivity contribution in [3.8, 4) is 28.7 Å². The zero-order chi connectivity index (χ0) is 45.9. The van der Waals surface area contributed by atoms with E-state index in [1.54, 1.807) is 0 Å². The van der Waals surface area contributed by atoms with Gasteiger partial charge in [0, 0.05) is 30.5 Å². The summed E-state index contributed by atoms with van der Waals surface area (Å²) in [6, 6.07) is 2.81. The molecule has 0 aromatic heterocycles. The maximum atomic E-state index is 12.6. The molecule has 0 saturated carbocycles. The summed E-state index contributed by atoms with van der Waals surface area (Å²) >= 11 is 0. The Hall–Kier alpha value is -6.02. The van der Waals surface area contributed by atoms with Gasteiger partial charge in [0.25, 0.3) is 0 Å². The van der Waals surface area contributed by atoms with Crippen LogP contribution in [0, 0.1) is 0 Å². The van der Waals surface area contributed by atoms with Gasteiger partial charge in [-0.3, -0.25) is 4.90 Å². The fraction of sp³-hybridized carbons (Fsp3) is 0.450. The monoisotopic (exact) mass is 890 g/mol. The van der Waals surface area contributed by atoms with E-state index in [0.29, 0.717) is 16.7 Å². The number of aromatic hydroxyl groups is 2. The van der Waals surface area contributed by atoms with Gasteiger partial charge in [-0.05, 0) is 47.6 Å². The molecule has 0 radical (unpaired) electrons. The van der Waals surface area contributed by atoms with E-state index in [2.05, 4.69) is 5.32 Å². The normalized spacial score (nSPS) is 30.9. The van der Waals surface area contributed by atoms with Crippen LogP contribution < -0.4 is 29.5 Å². The number of hydrogen-bond acceptors (Lipinski definition) is 20. The summed E-state index contributed by atoms with van der Waals surface area (Å²) < 4.78 is 38.2. The highest BCUT2D eigenvalue weighted by atomic mass is 16.8. The first kappa shape index (κ1) is 46.5. The van der Waals surface area contributed by atoms with Gasteiger partial charge in [0.05, 0.1) is 27.4 Å². The quantitative estimate of drug-likeness (QED) is 0.0559. The predicted octanol–water partition coefficient (Wildman–Crippen LogP) is -4.44. The number of aliphatic hydroxyl groups is 5. The Bertz CT molecular complexity index is 2150. The molecule has 6 rings (SSSR count). The number of aliphatic carboxylic acids is 3. The third kappa shape index (κ3) is 9.96. The Labute approximate surface area is 356 Å². The fourth-order valence-electron chi connectivity index (χ4n) is 7.49. The van der Waals surface area contributed by atoms with Crippen molar-refractivity contribution in [2.75, 3.05) is 40.6 Å². The highest BCUT2D eigenvalue weighted by Crippen LogP contribution is 2.39. The fourth-order valence-corrected chi connectivity index (χ4v) is 7.49. The third-order valence-corrected chi connectivity index (χ3v) is 10.9. The summed E-state index contributed by atoms with van der Waals surface area (Å²) in [5.74, 6) is -6.17. The highest BCUT2D eigenvalue weighted by Gasteiger charge is 2.54. The summed E-state index contributed by atoms with van der Waals surface area (Å²) in [5.41, 5.74) is -1.34. The Morgan fingerprint density at radius 3 is 2.30 bits per heavy atom. The first-order valence-corrected chi connectivity index (χ1v) is 19.2. The molecule has 0 aliphatic carbocycles. The molecule has 0 amide bonds. The van der Waals surface area contributed by atoms with Crippen LogP contribution in [-0.4, -0.2) is 171 Å². The number of phenolic OH excluding ortho intramolecular Hbond substituents is 2. The standard InChI is InChI=1S/C40H46N2O21/c1-57-26-9-17(10-27(58-2)30(26)46)3-4-29(45)59-15-40(56)16-60-39(34(40)49)63-33-32(48)31(47)28(14-43)62-38(33)61-25-12-19-11-23(37(54)55)42(22(19)13-24(25)44)6-5-18-7-20(35(50)51)41-21(8-18)36(52)53/h3-5,7,9-10,12-13,21,23,28,31-34,38-39,41,43-44,46-49,56H,6,8,11,14-16H2,1-2H3,(H,50,51)(H,52,53)(H,54,55)/t21-,23+,28-,31-,32+,33-,34+,38-,39+,40-/m1/s1. The van der Waals surface area contributed by atoms with Crippen LogP contribution in [0.15, 0.2) is 53.8 Å². The lowest BCUT2D eigenvalue weighted by molar-refractivity contribution is -0.840. The second-order valence-corrected chi connectivity index (χ2v) is 15.0. The molecule has 23 nitrogen and oxygen atoms in total. The number of hydrogen-bond donors (Lipinski definition) is 11. The average molecular weight is 891 g/mol. The molecule has 0 spiro atoms. The van der Waals surface area contributed by atoms with Gasteiger partial charge in [-0.25, -0.2) is 14.4 Å². The number of quaternary nitrogens is 1. The molecule has 0 bridgehead atoms. The number of esters is 1. The number of allylic oxidation sites excluding steroid dienone is 1. The van der Waals surface area contributed by atoms with Crippen molar-refractivity contribution in [2.24, 2.45) is 0 Å². The van der Waals surface area contributed by atoms with Crippen molar-refractivity contribution in [1.82, 2.24) is 5.32 Å². The van der Waals surface area contributed by atoms with Crippen LogP contribution in [0.2, 0.25) is 0 Å². The number of carboxylic acid groups (broad SMARTS) is 3. The Balaban J connectivity index is 1.16. The molecule has 2 aromatic rings. The highest BCUT2D eigenvalue weighted by molar-refractivity contribution is 5.89. The van der Waals surface area contributed by atoms with Crippen molar-refractivity contribution in [3.63, 3.8) is 0 Å². The summed E-state index contributed by atoms with van der Waals surface area (Å²) in [5, 5.41) is 109. The Morgan fingerprint density at radius 1 is 0.984 bits per heavy atom. The number of nitrogens with one attached hydrogen (secondary N) is 2. The molecule has 2 fully saturated rings. The number of phenols is 2. The largest absolute Gasteiger partial charge is 0.544 e. The molecule has 4 heterocycles. The van der Waals surface area contributed by atoms with E-state index >= 15 is 0 Å². The lowest BCUT2D eigenvalue weighted by atomic mass is 9.98. The van der Waals surface area contributed by atoms with Gasteiger partial charge in [0.15, 0.2) is 41.0 Å². The zero-order valence-corrected chi connectivity index (χ0v) is 33.5. The van der Waals surface area contributed by atoms with Crippen molar-refractivity contribution in [3.05, 3.63) is 64.9 Å². The molecule has 11 atom stereocenters. The molecule has 23 heteroatoms. The number of fused-ring (bicyclic) bond motifs is 1. The van der Waals surface area contributed by atoms with E-state index in [-0.39, 0.29) is 58.7 Å². The Morgan fingerprint density at radius 2 is 1.68 bits per heavy atom. The number of benzene rings is 2. The second-order valence-electron chi connectivity index (χ2n) is 15.0. The minimum absolute atomic E-state index is 0.0645. The first-order chi connectivity index (χ1) is 29.9. The van der Waals surface area contributed by atoms with E-state index in [4.69, 9.17) is 33.2 Å². The molecule has 1 unspecified atom stereocenters. The van der Waals surface area contributed by atoms with Gasteiger partial charge in [-0.2, -0.15) is 0 Å². The maximum absolute atomic E-state index is 12.6. The number of methoxy groups -OCH3 is 2. The first-order valence-electron chi connectivity index (χ1n) is 19.2. The van der Waals surface area contributed by atoms with E-state index in [1.807, 2.05) is 0 Å². The van der Waals surface area contributed by atoms with Crippen LogP contribution in [-0.2, 0) is 44.5 Å². The van der Waals surface area contributed by atoms with Crippen molar-refractivity contribution >= 4 is 35.6 Å². The molecule has 4 aliphatic heterocycles. The van der Waals surface area contributed by atoms with Crippen LogP contribution >= 0.6 is 0 Å². The zero-order valence-electron chi connectivity index (χ0n) is 33.5. The van der Waals surface area contributed by atoms with Gasteiger partial charge in [0.1, 0.15) is 67.0 Å². The number of carboxylic acids is 3. The number of rotatable bonds is 16. The summed E-state index contributed by atoms with van der Waals surface area (Å²) in [6.45, 7) is -2.40. The Kier molecular flexibility index (Phi) is 14.1. The summed E-state index contributed by atoms with van der Waals surface area (Å²) in [7, 11) is 2.64. The van der Waals surface area contributed by atoms with E-state index in [9.17, 15) is 70.2 Å². The molecular formula is C40H46N2O21. The SMILES string of the molecule is COc1cc(C=CC(=O)OC[C@@]2(O)CO[C@@H](O[C@H]3[C@H](Oc4cc5c(cc4O)[NH+](CC=C4C=C(C(=O)O)N[C@@H](C(=O)O)C4)[C@H](C(=O)[O-])C5)O[C@H](CO)[C@@H](O)[C@@H]3O)[C@@H]2O)cc(OC)c1O. The average Bonchev–Trinajstić information content (AvgIpc) is 3.75. The third-order valence-electron chi connectivity index (χ3n) is 10.9. The van der Waals surface area contributed by atoms with E-state index in [1.165, 1.54) is 56.7 Å². The smallest absolute Gasteiger partial charge is 0.351 e. The molecule has 2 aromatic carbocycles. The summed E-state index contributed by atoms with van der Waals surface area (Å²) in [4.78, 5) is 48.4. The van der Waals surface area contributed by atoms with Crippen LogP contribution in [0.3, 0.4) is 0 Å². The van der Waals surface area contributed by atoms with E-state index in [0.717, 1.165) is 6.08 Å². The van der Waals surface area contributed by atoms with Crippen LogP contribution in [0.5, 0.6) is 28.7 Å². The van der Waals surface area contributed by atoms with Crippen molar-refractivity contribution in [2.45, 2.75) is 73.6 Å². The van der Waals surface area contributed by atoms with Gasteiger partial charge >= 0.3 is 17.9 Å². The summed E-state index contributed by atoms with van der Waals surface area (Å²) in [6.07, 6.45) is -7.70. The van der Waals surface area contributed by atoms with Crippen LogP contribution in [0.25, 0.3) is 6.08 Å². The minimum Gasteiger partial charge on any atom is -0.544 e.